The molecule has 1 rings (SSSR count). The zero-order valence-electron chi connectivity index (χ0n) is 13.2. The summed E-state index contributed by atoms with van der Waals surface area (Å²) in [5.41, 5.74) is 0. The van der Waals surface area contributed by atoms with Crippen LogP contribution in [0.3, 0.4) is 0 Å². The van der Waals surface area contributed by atoms with Crippen LogP contribution < -0.4 is 34.3 Å². The Morgan fingerprint density at radius 2 is 1.59 bits per heavy atom. The van der Waals surface area contributed by atoms with Crippen LogP contribution in [0.15, 0.2) is 29.2 Å². The monoisotopic (exact) mass is 337 g/mol. The molecule has 0 aliphatic rings. The molecule has 0 heterocycles. The van der Waals surface area contributed by atoms with E-state index in [0.717, 1.165) is 19.3 Å². The zero-order valence-corrected chi connectivity index (χ0v) is 16.1. The summed E-state index contributed by atoms with van der Waals surface area (Å²) in [5.74, 6) is -0.0523. The van der Waals surface area contributed by atoms with E-state index >= 15 is 0 Å². The van der Waals surface area contributed by atoms with Crippen LogP contribution in [0.1, 0.15) is 51.9 Å². The van der Waals surface area contributed by atoms with Crippen LogP contribution in [0.4, 0.5) is 0 Å². The van der Waals surface area contributed by atoms with Crippen LogP contribution in [0.5, 0.6) is 5.75 Å². The number of hydrogen-bond acceptors (Lipinski definition) is 4. The summed E-state index contributed by atoms with van der Waals surface area (Å²) in [6.45, 7) is 2.16. The van der Waals surface area contributed by atoms with Crippen molar-refractivity contribution in [2.24, 2.45) is 0 Å². The Labute approximate surface area is 154 Å². The molecule has 118 valence electrons. The van der Waals surface area contributed by atoms with Crippen LogP contribution >= 0.6 is 0 Å². The molecule has 0 spiro atoms. The second-order valence-corrected chi connectivity index (χ2v) is 6.36. The molecule has 0 saturated heterocycles. The van der Waals surface area contributed by atoms with E-state index in [1.807, 2.05) is 0 Å². The summed E-state index contributed by atoms with van der Waals surface area (Å²) in [6.07, 6.45) is 6.91. The Kier molecular flexibility index (Phi) is 11.0. The summed E-state index contributed by atoms with van der Waals surface area (Å²) in [4.78, 5) is 11.4. The van der Waals surface area contributed by atoms with Gasteiger partial charge in [-0.25, -0.2) is 0 Å². The van der Waals surface area contributed by atoms with E-state index in [-0.39, 0.29) is 46.2 Å². The molecule has 0 amide bonds. The van der Waals surface area contributed by atoms with Gasteiger partial charge in [-0.05, 0) is 30.7 Å². The van der Waals surface area contributed by atoms with Gasteiger partial charge in [0.05, 0.1) is 4.90 Å². The smallest absolute Gasteiger partial charge is 0.427 e. The van der Waals surface area contributed by atoms with Gasteiger partial charge in [0, 0.05) is 6.42 Å². The zero-order chi connectivity index (χ0) is 15.7. The van der Waals surface area contributed by atoms with Crippen molar-refractivity contribution in [1.29, 1.82) is 0 Å². The second kappa shape index (κ2) is 11.2. The van der Waals surface area contributed by atoms with Crippen molar-refractivity contribution >= 4 is 16.1 Å². The quantitative estimate of drug-likeness (QED) is 0.235. The van der Waals surface area contributed by atoms with E-state index in [2.05, 4.69) is 6.92 Å². The third-order valence-electron chi connectivity index (χ3n) is 3.09. The van der Waals surface area contributed by atoms with Crippen molar-refractivity contribution in [3.05, 3.63) is 24.3 Å². The Hall–Kier alpha value is -0.400. The molecule has 0 saturated carbocycles. The first-order valence-electron chi connectivity index (χ1n) is 7.21. The minimum Gasteiger partial charge on any atom is -0.427 e. The minimum atomic E-state index is -4.21. The first-order chi connectivity index (χ1) is 9.93. The number of carbonyl (C=O) groups excluding carboxylic acids is 1. The van der Waals surface area contributed by atoms with Crippen molar-refractivity contribution < 1.29 is 52.1 Å². The van der Waals surface area contributed by atoms with Crippen LogP contribution in [0, 0.1) is 0 Å². The average Bonchev–Trinajstić information content (AvgIpc) is 2.42. The normalized spacial score (nSPS) is 10.8. The molecule has 0 unspecified atom stereocenters. The summed E-state index contributed by atoms with van der Waals surface area (Å²) >= 11 is 0. The summed E-state index contributed by atoms with van der Waals surface area (Å²) < 4.78 is 35.7. The van der Waals surface area contributed by atoms with E-state index in [4.69, 9.17) is 9.29 Å². The van der Waals surface area contributed by atoms with E-state index < -0.39 is 10.1 Å². The van der Waals surface area contributed by atoms with Gasteiger partial charge >= 0.3 is 35.5 Å². The van der Waals surface area contributed by atoms with Gasteiger partial charge in [-0.1, -0.05) is 39.0 Å². The molecule has 1 aromatic rings. The largest absolute Gasteiger partial charge is 1.00 e. The van der Waals surface area contributed by atoms with Gasteiger partial charge in [-0.2, -0.15) is 8.42 Å². The molecule has 1 N–H and O–H groups in total. The van der Waals surface area contributed by atoms with Gasteiger partial charge < -0.3 is 4.74 Å². The van der Waals surface area contributed by atoms with Gasteiger partial charge in [0.1, 0.15) is 5.75 Å². The van der Waals surface area contributed by atoms with Crippen LogP contribution in [-0.4, -0.2) is 18.9 Å². The molecule has 0 aromatic heterocycles. The van der Waals surface area contributed by atoms with Crippen molar-refractivity contribution in [2.45, 2.75) is 56.8 Å². The van der Waals surface area contributed by atoms with Gasteiger partial charge in [-0.15, -0.1) is 0 Å². The first-order valence-corrected chi connectivity index (χ1v) is 8.65. The predicted octanol–water partition coefficient (Wildman–Crippen LogP) is 0.593. The third-order valence-corrected chi connectivity index (χ3v) is 3.96. The van der Waals surface area contributed by atoms with Crippen molar-refractivity contribution in [2.75, 3.05) is 0 Å². The molecule has 0 aliphatic heterocycles. The predicted molar refractivity (Wildman–Crippen MR) is 79.9 cm³/mol. The topological polar surface area (TPSA) is 80.7 Å². The molecule has 1 aromatic carbocycles. The van der Waals surface area contributed by atoms with Crippen molar-refractivity contribution in [3.63, 3.8) is 0 Å². The standard InChI is InChI=1S/C15H22O5S.Na/c1-2-3-4-5-6-7-8-15(16)20-13-9-11-14(12-10-13)21(17,18)19;/h9-12H,2-8H2,1H3,(H,17,18,19);/q;+1. The number of rotatable bonds is 9. The second-order valence-electron chi connectivity index (χ2n) is 4.94. The van der Waals surface area contributed by atoms with Crippen molar-refractivity contribution in [1.82, 2.24) is 0 Å². The van der Waals surface area contributed by atoms with Crippen LogP contribution in [-0.2, 0) is 14.9 Å². The number of unbranched alkanes of at least 4 members (excludes halogenated alkanes) is 5. The van der Waals surface area contributed by atoms with E-state index in [1.54, 1.807) is 0 Å². The van der Waals surface area contributed by atoms with Crippen LogP contribution in [0.25, 0.3) is 0 Å². The third kappa shape index (κ3) is 8.90. The molecule has 0 atom stereocenters. The number of benzene rings is 1. The summed E-state index contributed by atoms with van der Waals surface area (Å²) in [5, 5.41) is 0. The maximum absolute atomic E-state index is 11.6. The average molecular weight is 337 g/mol. The van der Waals surface area contributed by atoms with Crippen LogP contribution in [0.2, 0.25) is 0 Å². The fourth-order valence-electron chi connectivity index (χ4n) is 1.91. The molecule has 22 heavy (non-hydrogen) atoms. The summed E-state index contributed by atoms with van der Waals surface area (Å²) in [7, 11) is -4.21. The van der Waals surface area contributed by atoms with Gasteiger partial charge in [0.25, 0.3) is 10.1 Å². The number of esters is 1. The Morgan fingerprint density at radius 1 is 1.05 bits per heavy atom. The molecule has 5 nitrogen and oxygen atoms in total. The Morgan fingerprint density at radius 3 is 2.14 bits per heavy atom. The van der Waals surface area contributed by atoms with Crippen molar-refractivity contribution in [3.8, 4) is 5.75 Å². The maximum atomic E-state index is 11.6. The number of ether oxygens (including phenoxy) is 1. The number of hydrogen-bond donors (Lipinski definition) is 1. The molecule has 0 aliphatic carbocycles. The fourth-order valence-corrected chi connectivity index (χ4v) is 2.39. The van der Waals surface area contributed by atoms with Gasteiger partial charge in [-0.3, -0.25) is 9.35 Å². The fraction of sp³-hybridized carbons (Fsp3) is 0.533. The molecular weight excluding hydrogens is 315 g/mol. The molecule has 7 heteroatoms. The van der Waals surface area contributed by atoms with E-state index in [9.17, 15) is 13.2 Å². The minimum absolute atomic E-state index is 0. The van der Waals surface area contributed by atoms with Gasteiger partial charge in [0.15, 0.2) is 0 Å². The van der Waals surface area contributed by atoms with E-state index in [0.29, 0.717) is 6.42 Å². The Bertz CT molecular complexity index is 540. The molecule has 0 radical (unpaired) electrons. The summed E-state index contributed by atoms with van der Waals surface area (Å²) in [6, 6.07) is 5.09. The molecule has 0 bridgehead atoms. The molecular formula is C15H22NaO5S+. The first kappa shape index (κ1) is 21.6. The Balaban J connectivity index is 0.00000441. The number of carbonyl (C=O) groups is 1. The van der Waals surface area contributed by atoms with Gasteiger partial charge in [0.2, 0.25) is 0 Å². The molecule has 0 fully saturated rings. The van der Waals surface area contributed by atoms with E-state index in [1.165, 1.54) is 43.5 Å². The SMILES string of the molecule is CCCCCCCCC(=O)Oc1ccc(S(=O)(=O)O)cc1.[Na+]. The maximum Gasteiger partial charge on any atom is 1.00 e.